The van der Waals surface area contributed by atoms with E-state index in [0.29, 0.717) is 17.6 Å². The van der Waals surface area contributed by atoms with Crippen molar-refractivity contribution in [2.75, 3.05) is 10.6 Å². The summed E-state index contributed by atoms with van der Waals surface area (Å²) in [5.41, 5.74) is 3.23. The Morgan fingerprint density at radius 2 is 1.85 bits per heavy atom. The van der Waals surface area contributed by atoms with Crippen molar-refractivity contribution < 1.29 is 0 Å². The second-order valence-electron chi connectivity index (χ2n) is 6.10. The van der Waals surface area contributed by atoms with E-state index in [1.807, 2.05) is 48.5 Å². The predicted molar refractivity (Wildman–Crippen MR) is 105 cm³/mol. The molecule has 3 rings (SSSR count). The highest BCUT2D eigenvalue weighted by molar-refractivity contribution is 5.66. The Bertz CT molecular complexity index is 915. The number of anilines is 3. The first-order valence-electron chi connectivity index (χ1n) is 8.66. The minimum Gasteiger partial charge on any atom is -0.367 e. The number of nitrogens with zero attached hydrogens (tertiary/aromatic N) is 3. The van der Waals surface area contributed by atoms with Gasteiger partial charge in [-0.3, -0.25) is 0 Å². The largest absolute Gasteiger partial charge is 0.367 e. The lowest BCUT2D eigenvalue weighted by Gasteiger charge is -2.15. The first kappa shape index (κ1) is 17.4. The molecule has 0 radical (unpaired) electrons. The molecular formula is C21H21N5. The standard InChI is InChI=1S/C21H21N5/c1-3-15(2)23-20-13-19(17-9-5-4-6-10-17)25-21(26-20)24-18-11-7-8-16(12-18)14-22/h4-13,15H,3H2,1-2H3,(H2,23,24,25,26). The van der Waals surface area contributed by atoms with E-state index in [2.05, 4.69) is 40.5 Å². The number of nitriles is 1. The lowest BCUT2D eigenvalue weighted by atomic mass is 10.1. The van der Waals surface area contributed by atoms with Gasteiger partial charge in [-0.05, 0) is 31.5 Å². The summed E-state index contributed by atoms with van der Waals surface area (Å²) in [5.74, 6) is 1.26. The van der Waals surface area contributed by atoms with Crippen molar-refractivity contribution in [3.05, 3.63) is 66.2 Å². The van der Waals surface area contributed by atoms with Gasteiger partial charge in [0.1, 0.15) is 5.82 Å². The fraction of sp³-hybridized carbons (Fsp3) is 0.190. The normalized spacial score (nSPS) is 11.4. The lowest BCUT2D eigenvalue weighted by molar-refractivity contribution is 0.759. The molecule has 3 aromatic rings. The van der Waals surface area contributed by atoms with Crippen LogP contribution in [0.1, 0.15) is 25.8 Å². The van der Waals surface area contributed by atoms with Crippen molar-refractivity contribution in [2.24, 2.45) is 0 Å². The minimum absolute atomic E-state index is 0.309. The van der Waals surface area contributed by atoms with Gasteiger partial charge in [-0.1, -0.05) is 43.3 Å². The van der Waals surface area contributed by atoms with Gasteiger partial charge in [-0.15, -0.1) is 0 Å². The molecule has 1 aromatic heterocycles. The Kier molecular flexibility index (Phi) is 5.45. The second-order valence-corrected chi connectivity index (χ2v) is 6.10. The highest BCUT2D eigenvalue weighted by Gasteiger charge is 2.09. The summed E-state index contributed by atoms with van der Waals surface area (Å²) in [4.78, 5) is 9.22. The molecule has 2 N–H and O–H groups in total. The Balaban J connectivity index is 1.97. The molecule has 130 valence electrons. The van der Waals surface area contributed by atoms with E-state index in [4.69, 9.17) is 5.26 Å². The third-order valence-electron chi connectivity index (χ3n) is 4.05. The predicted octanol–water partition coefficient (Wildman–Crippen LogP) is 4.97. The van der Waals surface area contributed by atoms with Crippen LogP contribution in [0.3, 0.4) is 0 Å². The molecule has 0 aliphatic carbocycles. The second kappa shape index (κ2) is 8.13. The number of nitrogens with one attached hydrogen (secondary N) is 2. The van der Waals surface area contributed by atoms with Crippen LogP contribution in [0.2, 0.25) is 0 Å². The topological polar surface area (TPSA) is 73.6 Å². The molecule has 0 spiro atoms. The monoisotopic (exact) mass is 343 g/mol. The average Bonchev–Trinajstić information content (AvgIpc) is 2.68. The molecule has 0 saturated carbocycles. The fourth-order valence-corrected chi connectivity index (χ4v) is 2.48. The van der Waals surface area contributed by atoms with Gasteiger partial charge in [-0.25, -0.2) is 4.98 Å². The fourth-order valence-electron chi connectivity index (χ4n) is 2.48. The molecule has 1 unspecified atom stereocenters. The molecule has 1 heterocycles. The molecule has 0 saturated heterocycles. The lowest BCUT2D eigenvalue weighted by Crippen LogP contribution is -2.15. The third kappa shape index (κ3) is 4.37. The molecule has 0 bridgehead atoms. The Morgan fingerprint density at radius 1 is 1.04 bits per heavy atom. The smallest absolute Gasteiger partial charge is 0.229 e. The highest BCUT2D eigenvalue weighted by atomic mass is 15.1. The summed E-state index contributed by atoms with van der Waals surface area (Å²) < 4.78 is 0. The molecule has 0 amide bonds. The first-order chi connectivity index (χ1) is 12.7. The van der Waals surface area contributed by atoms with Gasteiger partial charge >= 0.3 is 0 Å². The Labute approximate surface area is 153 Å². The number of hydrogen-bond acceptors (Lipinski definition) is 5. The van der Waals surface area contributed by atoms with Crippen molar-refractivity contribution in [3.8, 4) is 17.3 Å². The minimum atomic E-state index is 0.309. The zero-order valence-corrected chi connectivity index (χ0v) is 14.9. The molecule has 5 nitrogen and oxygen atoms in total. The zero-order valence-electron chi connectivity index (χ0n) is 14.9. The maximum Gasteiger partial charge on any atom is 0.229 e. The molecule has 2 aromatic carbocycles. The average molecular weight is 343 g/mol. The Morgan fingerprint density at radius 3 is 2.58 bits per heavy atom. The van der Waals surface area contributed by atoms with Crippen molar-refractivity contribution in [1.82, 2.24) is 9.97 Å². The van der Waals surface area contributed by atoms with Crippen molar-refractivity contribution in [3.63, 3.8) is 0 Å². The van der Waals surface area contributed by atoms with Gasteiger partial charge in [0.2, 0.25) is 5.95 Å². The summed E-state index contributed by atoms with van der Waals surface area (Å²) in [5, 5.41) is 15.7. The van der Waals surface area contributed by atoms with Gasteiger partial charge in [0.05, 0.1) is 17.3 Å². The van der Waals surface area contributed by atoms with Crippen molar-refractivity contribution in [1.29, 1.82) is 5.26 Å². The molecule has 5 heteroatoms. The van der Waals surface area contributed by atoms with Crippen LogP contribution in [0, 0.1) is 11.3 Å². The summed E-state index contributed by atoms with van der Waals surface area (Å²) in [6.07, 6.45) is 0.998. The number of hydrogen-bond donors (Lipinski definition) is 2. The van der Waals surface area contributed by atoms with Crippen LogP contribution >= 0.6 is 0 Å². The molecular weight excluding hydrogens is 322 g/mol. The van der Waals surface area contributed by atoms with E-state index in [9.17, 15) is 0 Å². The summed E-state index contributed by atoms with van der Waals surface area (Å²) in [6.45, 7) is 4.25. The van der Waals surface area contributed by atoms with Gasteiger partial charge < -0.3 is 10.6 Å². The maximum absolute atomic E-state index is 9.07. The molecule has 0 aliphatic heterocycles. The SMILES string of the molecule is CCC(C)Nc1cc(-c2ccccc2)nc(Nc2cccc(C#N)c2)n1. The van der Waals surface area contributed by atoms with E-state index in [-0.39, 0.29) is 0 Å². The number of rotatable bonds is 6. The zero-order chi connectivity index (χ0) is 18.4. The maximum atomic E-state index is 9.07. The van der Waals surface area contributed by atoms with E-state index in [1.54, 1.807) is 12.1 Å². The van der Waals surface area contributed by atoms with Crippen LogP contribution in [-0.4, -0.2) is 16.0 Å². The first-order valence-corrected chi connectivity index (χ1v) is 8.66. The van der Waals surface area contributed by atoms with Gasteiger partial charge in [-0.2, -0.15) is 10.2 Å². The highest BCUT2D eigenvalue weighted by Crippen LogP contribution is 2.24. The quantitative estimate of drug-likeness (QED) is 0.661. The van der Waals surface area contributed by atoms with Crippen molar-refractivity contribution >= 4 is 17.5 Å². The molecule has 26 heavy (non-hydrogen) atoms. The van der Waals surface area contributed by atoms with E-state index in [0.717, 1.165) is 29.2 Å². The Hall–Kier alpha value is -3.39. The van der Waals surface area contributed by atoms with E-state index in [1.165, 1.54) is 0 Å². The molecule has 0 fully saturated rings. The summed E-state index contributed by atoms with van der Waals surface area (Å²) >= 11 is 0. The summed E-state index contributed by atoms with van der Waals surface area (Å²) in [6, 6.07) is 21.7. The third-order valence-corrected chi connectivity index (χ3v) is 4.05. The van der Waals surface area contributed by atoms with Crippen LogP contribution in [0.25, 0.3) is 11.3 Å². The van der Waals surface area contributed by atoms with Crippen LogP contribution < -0.4 is 10.6 Å². The van der Waals surface area contributed by atoms with Crippen LogP contribution in [0.15, 0.2) is 60.7 Å². The van der Waals surface area contributed by atoms with Gasteiger partial charge in [0.15, 0.2) is 0 Å². The number of aromatic nitrogens is 2. The molecule has 0 aliphatic rings. The van der Waals surface area contributed by atoms with Crippen molar-refractivity contribution in [2.45, 2.75) is 26.3 Å². The van der Waals surface area contributed by atoms with Crippen LogP contribution in [0.5, 0.6) is 0 Å². The van der Waals surface area contributed by atoms with Gasteiger partial charge in [0, 0.05) is 23.4 Å². The summed E-state index contributed by atoms with van der Waals surface area (Å²) in [7, 11) is 0. The van der Waals surface area contributed by atoms with E-state index < -0.39 is 0 Å². The number of benzene rings is 2. The van der Waals surface area contributed by atoms with E-state index >= 15 is 0 Å². The molecule has 1 atom stereocenters. The van der Waals surface area contributed by atoms with Gasteiger partial charge in [0.25, 0.3) is 0 Å². The van der Waals surface area contributed by atoms with Crippen LogP contribution in [-0.2, 0) is 0 Å². The van der Waals surface area contributed by atoms with Crippen LogP contribution in [0.4, 0.5) is 17.5 Å².